The standard InChI is InChI=1S/C17H25N3O4S/c1-8-13-12(9(2)21)16(22)20(13)14(17(23)24)15(8)25-11-6-10(19-7-11)4-3-5-18/h3-4,8-13,19,21H,5-7,18H2,1-2H3,(H,23,24)/b4-3+/t8-,9-,10-,11+,12-,13-/m1/s1. The second-order valence-electron chi connectivity index (χ2n) is 6.93. The van der Waals surface area contributed by atoms with E-state index < -0.39 is 18.0 Å². The molecular formula is C17H25N3O4S. The molecule has 6 atom stereocenters. The van der Waals surface area contributed by atoms with Crippen molar-refractivity contribution in [2.24, 2.45) is 17.6 Å². The summed E-state index contributed by atoms with van der Waals surface area (Å²) in [6.45, 7) is 4.83. The Labute approximate surface area is 151 Å². The van der Waals surface area contributed by atoms with E-state index in [1.165, 1.54) is 4.90 Å². The zero-order valence-corrected chi connectivity index (χ0v) is 15.2. The number of aliphatic hydroxyl groups is 1. The zero-order chi connectivity index (χ0) is 18.3. The van der Waals surface area contributed by atoms with Crippen LogP contribution in [0.4, 0.5) is 0 Å². The van der Waals surface area contributed by atoms with Gasteiger partial charge in [-0.15, -0.1) is 11.8 Å². The van der Waals surface area contributed by atoms with Crippen molar-refractivity contribution in [1.82, 2.24) is 10.2 Å². The largest absolute Gasteiger partial charge is 0.477 e. The first-order valence-corrected chi connectivity index (χ1v) is 9.50. The Bertz CT molecular complexity index is 633. The third kappa shape index (κ3) is 3.12. The predicted octanol–water partition coefficient (Wildman–Crippen LogP) is 0.119. The number of carboxylic acid groups (broad SMARTS) is 1. The molecule has 3 rings (SSSR count). The number of amides is 1. The fourth-order valence-corrected chi connectivity index (χ4v) is 5.56. The molecule has 0 saturated carbocycles. The Balaban J connectivity index is 1.77. The quantitative estimate of drug-likeness (QED) is 0.389. The van der Waals surface area contributed by atoms with Crippen molar-refractivity contribution >= 4 is 23.6 Å². The van der Waals surface area contributed by atoms with Crippen LogP contribution >= 0.6 is 11.8 Å². The lowest BCUT2D eigenvalue weighted by atomic mass is 9.79. The maximum atomic E-state index is 12.3. The number of nitrogens with one attached hydrogen (secondary N) is 1. The van der Waals surface area contributed by atoms with Crippen LogP contribution in [0.15, 0.2) is 22.8 Å². The van der Waals surface area contributed by atoms with Gasteiger partial charge in [-0.1, -0.05) is 19.1 Å². The van der Waals surface area contributed by atoms with Gasteiger partial charge in [0.05, 0.1) is 18.1 Å². The van der Waals surface area contributed by atoms with E-state index in [4.69, 9.17) is 5.73 Å². The lowest BCUT2D eigenvalue weighted by Crippen LogP contribution is -2.63. The number of β-lactam (4-membered cyclic amide) rings is 1. The summed E-state index contributed by atoms with van der Waals surface area (Å²) in [5, 5.41) is 23.2. The topological polar surface area (TPSA) is 116 Å². The van der Waals surface area contributed by atoms with Gasteiger partial charge in [0.2, 0.25) is 5.91 Å². The number of aliphatic carboxylic acids is 1. The number of carbonyl (C=O) groups is 2. The maximum absolute atomic E-state index is 12.3. The Kier molecular flexibility index (Phi) is 5.24. The van der Waals surface area contributed by atoms with Gasteiger partial charge in [-0.3, -0.25) is 4.79 Å². The highest BCUT2D eigenvalue weighted by Crippen LogP contribution is 2.51. The molecule has 0 aromatic rings. The molecule has 0 unspecified atom stereocenters. The molecular weight excluding hydrogens is 342 g/mol. The van der Waals surface area contributed by atoms with Gasteiger partial charge < -0.3 is 26.2 Å². The van der Waals surface area contributed by atoms with Gasteiger partial charge in [-0.05, 0) is 13.3 Å². The minimum Gasteiger partial charge on any atom is -0.477 e. The maximum Gasteiger partial charge on any atom is 0.353 e. The summed E-state index contributed by atoms with van der Waals surface area (Å²) in [6.07, 6.45) is 4.09. The summed E-state index contributed by atoms with van der Waals surface area (Å²) in [5.74, 6) is -1.94. The molecule has 2 fully saturated rings. The number of hydrogen-bond acceptors (Lipinski definition) is 6. The number of hydrogen-bond donors (Lipinski definition) is 4. The number of rotatable bonds is 6. The molecule has 2 saturated heterocycles. The van der Waals surface area contributed by atoms with Crippen molar-refractivity contribution in [3.63, 3.8) is 0 Å². The molecule has 138 valence electrons. The summed E-state index contributed by atoms with van der Waals surface area (Å²) in [7, 11) is 0. The Morgan fingerprint density at radius 2 is 2.28 bits per heavy atom. The third-order valence-electron chi connectivity index (χ3n) is 5.23. The minimum absolute atomic E-state index is 0.0768. The van der Waals surface area contributed by atoms with E-state index in [0.29, 0.717) is 6.54 Å². The fraction of sp³-hybridized carbons (Fsp3) is 0.647. The van der Waals surface area contributed by atoms with Crippen LogP contribution in [0.5, 0.6) is 0 Å². The molecule has 7 nitrogen and oxygen atoms in total. The van der Waals surface area contributed by atoms with Crippen molar-refractivity contribution in [3.05, 3.63) is 22.8 Å². The van der Waals surface area contributed by atoms with Gasteiger partial charge in [0.25, 0.3) is 0 Å². The lowest BCUT2D eigenvalue weighted by Gasteiger charge is -2.46. The van der Waals surface area contributed by atoms with Crippen LogP contribution in [-0.2, 0) is 9.59 Å². The van der Waals surface area contributed by atoms with Crippen LogP contribution in [0.1, 0.15) is 20.3 Å². The third-order valence-corrected chi connectivity index (χ3v) is 6.75. The van der Waals surface area contributed by atoms with E-state index in [-0.39, 0.29) is 34.9 Å². The van der Waals surface area contributed by atoms with Crippen LogP contribution in [-0.4, -0.2) is 63.5 Å². The monoisotopic (exact) mass is 367 g/mol. The first-order valence-electron chi connectivity index (χ1n) is 8.62. The van der Waals surface area contributed by atoms with Crippen LogP contribution in [0.3, 0.4) is 0 Å². The van der Waals surface area contributed by atoms with Crippen LogP contribution in [0, 0.1) is 11.8 Å². The molecule has 0 radical (unpaired) electrons. The molecule has 5 N–H and O–H groups in total. The highest BCUT2D eigenvalue weighted by atomic mass is 32.2. The molecule has 25 heavy (non-hydrogen) atoms. The molecule has 0 spiro atoms. The number of thioether (sulfide) groups is 1. The number of carboxylic acids is 1. The lowest BCUT2D eigenvalue weighted by molar-refractivity contribution is -0.163. The SMILES string of the molecule is C[C@@H](O)[C@H]1C(=O)N2C(C(=O)O)=C(S[C@@H]3CN[C@H](/C=C/CN)C3)[C@H](C)[C@H]12. The highest BCUT2D eigenvalue weighted by Gasteiger charge is 2.60. The Morgan fingerprint density at radius 3 is 2.88 bits per heavy atom. The molecule has 8 heteroatoms. The number of fused-ring (bicyclic) bond motifs is 1. The van der Waals surface area contributed by atoms with Crippen LogP contribution < -0.4 is 11.1 Å². The number of carbonyl (C=O) groups excluding carboxylic acids is 1. The molecule has 3 aliphatic rings. The van der Waals surface area contributed by atoms with Crippen molar-refractivity contribution in [1.29, 1.82) is 0 Å². The zero-order valence-electron chi connectivity index (χ0n) is 14.4. The molecule has 3 aliphatic heterocycles. The molecule has 0 aromatic heterocycles. The summed E-state index contributed by atoms with van der Waals surface area (Å²) in [4.78, 5) is 26.2. The van der Waals surface area contributed by atoms with Crippen molar-refractivity contribution in [2.45, 2.75) is 43.7 Å². The second-order valence-corrected chi connectivity index (χ2v) is 8.27. The summed E-state index contributed by atoms with van der Waals surface area (Å²) >= 11 is 1.56. The first kappa shape index (κ1) is 18.4. The van der Waals surface area contributed by atoms with E-state index in [2.05, 4.69) is 5.32 Å². The first-order chi connectivity index (χ1) is 11.9. The van der Waals surface area contributed by atoms with E-state index in [0.717, 1.165) is 17.9 Å². The van der Waals surface area contributed by atoms with E-state index in [9.17, 15) is 19.8 Å². The van der Waals surface area contributed by atoms with Crippen LogP contribution in [0.25, 0.3) is 0 Å². The van der Waals surface area contributed by atoms with Gasteiger partial charge in [0, 0.05) is 35.2 Å². The van der Waals surface area contributed by atoms with Crippen molar-refractivity contribution in [3.8, 4) is 0 Å². The fourth-order valence-electron chi connectivity index (χ4n) is 4.07. The Hall–Kier alpha value is -1.35. The van der Waals surface area contributed by atoms with Gasteiger partial charge in [0.1, 0.15) is 5.70 Å². The molecule has 0 bridgehead atoms. The summed E-state index contributed by atoms with van der Waals surface area (Å²) < 4.78 is 0. The van der Waals surface area contributed by atoms with E-state index in [1.54, 1.807) is 18.7 Å². The van der Waals surface area contributed by atoms with E-state index >= 15 is 0 Å². The second kappa shape index (κ2) is 7.11. The smallest absolute Gasteiger partial charge is 0.353 e. The average Bonchev–Trinajstić information content (AvgIpc) is 3.08. The summed E-state index contributed by atoms with van der Waals surface area (Å²) in [6, 6.07) is -0.00101. The van der Waals surface area contributed by atoms with Gasteiger partial charge >= 0.3 is 5.97 Å². The average molecular weight is 367 g/mol. The highest BCUT2D eigenvalue weighted by molar-refractivity contribution is 8.03. The van der Waals surface area contributed by atoms with Crippen LogP contribution in [0.2, 0.25) is 0 Å². The normalized spacial score (nSPS) is 36.1. The van der Waals surface area contributed by atoms with Crippen molar-refractivity contribution in [2.75, 3.05) is 13.1 Å². The molecule has 0 aliphatic carbocycles. The number of nitrogens with two attached hydrogens (primary N) is 1. The van der Waals surface area contributed by atoms with E-state index in [1.807, 2.05) is 19.1 Å². The Morgan fingerprint density at radius 1 is 1.56 bits per heavy atom. The summed E-state index contributed by atoms with van der Waals surface area (Å²) in [5.41, 5.74) is 5.58. The predicted molar refractivity (Wildman–Crippen MR) is 95.6 cm³/mol. The van der Waals surface area contributed by atoms with Gasteiger partial charge in [-0.25, -0.2) is 4.79 Å². The molecule has 3 heterocycles. The van der Waals surface area contributed by atoms with Crippen molar-refractivity contribution < 1.29 is 19.8 Å². The molecule has 1 amide bonds. The van der Waals surface area contributed by atoms with Gasteiger partial charge in [0.15, 0.2) is 0 Å². The minimum atomic E-state index is -1.07. The molecule has 0 aromatic carbocycles. The number of nitrogens with zero attached hydrogens (tertiary/aromatic N) is 1. The van der Waals surface area contributed by atoms with Gasteiger partial charge in [-0.2, -0.15) is 0 Å². The number of aliphatic hydroxyl groups excluding tert-OH is 1.